The summed E-state index contributed by atoms with van der Waals surface area (Å²) in [7, 11) is 0. The molecule has 25 heavy (non-hydrogen) atoms. The Bertz CT molecular complexity index is 1010. The minimum absolute atomic E-state index is 0.251. The smallest absolute Gasteiger partial charge is 0.231 e. The van der Waals surface area contributed by atoms with E-state index in [2.05, 4.69) is 31.4 Å². The minimum atomic E-state index is 0.251. The fraction of sp³-hybridized carbons (Fsp3) is 0.222. The van der Waals surface area contributed by atoms with Crippen LogP contribution in [0, 0.1) is 19.3 Å². The number of pyridine rings is 1. The zero-order chi connectivity index (χ0) is 17.4. The molecule has 5 nitrogen and oxygen atoms in total. The molecule has 1 aliphatic rings. The number of aromatic nitrogens is 3. The lowest BCUT2D eigenvalue weighted by Gasteiger charge is -2.09. The van der Waals surface area contributed by atoms with Crippen LogP contribution in [0.1, 0.15) is 12.1 Å². The molecule has 1 aliphatic heterocycles. The zero-order valence-electron chi connectivity index (χ0n) is 13.5. The summed E-state index contributed by atoms with van der Waals surface area (Å²) in [5, 5.41) is 0.876. The van der Waals surface area contributed by atoms with Gasteiger partial charge in [-0.2, -0.15) is 0 Å². The molecule has 2 aromatic heterocycles. The highest BCUT2D eigenvalue weighted by Gasteiger charge is 2.19. The number of ether oxygens (including phenoxy) is 2. The van der Waals surface area contributed by atoms with E-state index in [0.717, 1.165) is 42.8 Å². The second-order valence-electron chi connectivity index (χ2n) is 5.50. The van der Waals surface area contributed by atoms with Crippen LogP contribution in [-0.2, 0) is 6.54 Å². The zero-order valence-corrected chi connectivity index (χ0v) is 15.9. The van der Waals surface area contributed by atoms with Gasteiger partial charge in [-0.25, -0.2) is 4.98 Å². The highest BCUT2D eigenvalue weighted by Crippen LogP contribution is 2.43. The first-order valence-corrected chi connectivity index (χ1v) is 9.30. The number of hydrogen-bond donors (Lipinski definition) is 0. The van der Waals surface area contributed by atoms with E-state index in [9.17, 15) is 0 Å². The first-order chi connectivity index (χ1) is 12.2. The highest BCUT2D eigenvalue weighted by atomic mass is 79.9. The molecule has 1 aromatic carbocycles. The van der Waals surface area contributed by atoms with Crippen LogP contribution >= 0.6 is 27.7 Å². The Morgan fingerprint density at radius 3 is 2.96 bits per heavy atom. The van der Waals surface area contributed by atoms with E-state index >= 15 is 0 Å². The summed E-state index contributed by atoms with van der Waals surface area (Å²) < 4.78 is 14.0. The van der Waals surface area contributed by atoms with Crippen molar-refractivity contribution >= 4 is 38.7 Å². The molecule has 0 aliphatic carbocycles. The van der Waals surface area contributed by atoms with E-state index in [4.69, 9.17) is 20.9 Å². The van der Waals surface area contributed by atoms with E-state index in [1.165, 1.54) is 0 Å². The van der Waals surface area contributed by atoms with Gasteiger partial charge in [0.1, 0.15) is 5.52 Å². The van der Waals surface area contributed by atoms with Crippen molar-refractivity contribution in [2.45, 2.75) is 29.9 Å². The first-order valence-electron chi connectivity index (χ1n) is 7.69. The lowest BCUT2D eigenvalue weighted by Crippen LogP contribution is -1.99. The quantitative estimate of drug-likeness (QED) is 0.590. The van der Waals surface area contributed by atoms with Gasteiger partial charge in [-0.05, 0) is 41.1 Å². The van der Waals surface area contributed by atoms with E-state index < -0.39 is 0 Å². The van der Waals surface area contributed by atoms with Crippen molar-refractivity contribution in [3.05, 3.63) is 34.6 Å². The summed E-state index contributed by atoms with van der Waals surface area (Å²) in [6.07, 6.45) is 7.91. The molecule has 0 saturated heterocycles. The molecule has 3 aromatic rings. The molecule has 0 fully saturated rings. The number of halogens is 1. The van der Waals surface area contributed by atoms with Crippen LogP contribution in [0.25, 0.3) is 11.0 Å². The summed E-state index contributed by atoms with van der Waals surface area (Å²) in [5.41, 5.74) is 2.85. The summed E-state index contributed by atoms with van der Waals surface area (Å²) in [5.74, 6) is 4.19. The number of aryl methyl sites for hydroxylation is 2. The van der Waals surface area contributed by atoms with Gasteiger partial charge in [0.2, 0.25) is 6.79 Å². The number of terminal acetylenes is 1. The Kier molecular flexibility index (Phi) is 4.32. The van der Waals surface area contributed by atoms with Gasteiger partial charge in [0.25, 0.3) is 0 Å². The molecule has 0 spiro atoms. The average molecular weight is 416 g/mol. The minimum Gasteiger partial charge on any atom is -0.454 e. The van der Waals surface area contributed by atoms with Gasteiger partial charge in [-0.3, -0.25) is 4.98 Å². The van der Waals surface area contributed by atoms with Gasteiger partial charge in [0.15, 0.2) is 16.7 Å². The number of rotatable bonds is 4. The monoisotopic (exact) mass is 415 g/mol. The Morgan fingerprint density at radius 2 is 2.16 bits per heavy atom. The Balaban J connectivity index is 1.79. The largest absolute Gasteiger partial charge is 0.454 e. The van der Waals surface area contributed by atoms with E-state index in [1.54, 1.807) is 18.0 Å². The molecule has 126 valence electrons. The van der Waals surface area contributed by atoms with Crippen molar-refractivity contribution in [1.82, 2.24) is 14.5 Å². The predicted octanol–water partition coefficient (Wildman–Crippen LogP) is 4.41. The molecule has 7 heteroatoms. The van der Waals surface area contributed by atoms with Crippen LogP contribution in [0.4, 0.5) is 0 Å². The summed E-state index contributed by atoms with van der Waals surface area (Å²) in [4.78, 5) is 10.1. The van der Waals surface area contributed by atoms with Crippen molar-refractivity contribution in [3.63, 3.8) is 0 Å². The second kappa shape index (κ2) is 6.62. The molecular weight excluding hydrogens is 402 g/mol. The number of benzene rings is 1. The molecule has 3 heterocycles. The van der Waals surface area contributed by atoms with E-state index in [1.807, 2.05) is 25.1 Å². The van der Waals surface area contributed by atoms with Crippen molar-refractivity contribution in [3.8, 4) is 23.8 Å². The Morgan fingerprint density at radius 1 is 1.36 bits per heavy atom. The van der Waals surface area contributed by atoms with Crippen molar-refractivity contribution < 1.29 is 9.47 Å². The van der Waals surface area contributed by atoms with Crippen LogP contribution in [0.3, 0.4) is 0 Å². The molecule has 0 saturated carbocycles. The maximum atomic E-state index is 5.48. The van der Waals surface area contributed by atoms with Crippen LogP contribution in [0.5, 0.6) is 11.5 Å². The lowest BCUT2D eigenvalue weighted by atomic mass is 10.3. The fourth-order valence-electron chi connectivity index (χ4n) is 2.71. The third-order valence-corrected chi connectivity index (χ3v) is 5.89. The molecule has 0 N–H and O–H groups in total. The third-order valence-electron chi connectivity index (χ3n) is 3.92. The molecular formula is C18H14BrN3O2S. The maximum absolute atomic E-state index is 5.48. The standard InChI is InChI=1S/C18H14BrN3O2S/c1-3-4-7-22-13-5-6-20-11(2)17(13)21-18(22)25-16-9-15-14(8-12(16)19)23-10-24-15/h1,5-6,8-9H,4,7,10H2,2H3. The number of fused-ring (bicyclic) bond motifs is 2. The Labute approximate surface area is 157 Å². The normalized spacial score (nSPS) is 12.5. The van der Waals surface area contributed by atoms with Gasteiger partial charge < -0.3 is 14.0 Å². The Hall–Kier alpha value is -2.17. The molecule has 0 unspecified atom stereocenters. The first kappa shape index (κ1) is 16.3. The molecule has 0 amide bonds. The predicted molar refractivity (Wildman–Crippen MR) is 100 cm³/mol. The molecule has 0 atom stereocenters. The van der Waals surface area contributed by atoms with Gasteiger partial charge in [0.05, 0.1) is 11.2 Å². The maximum Gasteiger partial charge on any atom is 0.231 e. The SMILES string of the molecule is C#CCCn1c(Sc2cc3c(cc2Br)OCO3)nc2c(C)nccc21. The molecule has 4 rings (SSSR count). The number of hydrogen-bond acceptors (Lipinski definition) is 5. The second-order valence-corrected chi connectivity index (χ2v) is 7.37. The number of imidazole rings is 1. The van der Waals surface area contributed by atoms with Crippen molar-refractivity contribution in [1.29, 1.82) is 0 Å². The molecule has 0 bridgehead atoms. The number of nitrogens with zero attached hydrogens (tertiary/aromatic N) is 3. The highest BCUT2D eigenvalue weighted by molar-refractivity contribution is 9.10. The molecule has 0 radical (unpaired) electrons. The average Bonchev–Trinajstić information content (AvgIpc) is 3.18. The van der Waals surface area contributed by atoms with E-state index in [-0.39, 0.29) is 6.79 Å². The third kappa shape index (κ3) is 2.96. The van der Waals surface area contributed by atoms with Crippen LogP contribution in [0.15, 0.2) is 38.9 Å². The summed E-state index contributed by atoms with van der Waals surface area (Å²) >= 11 is 5.17. The topological polar surface area (TPSA) is 49.2 Å². The van der Waals surface area contributed by atoms with Crippen molar-refractivity contribution in [2.24, 2.45) is 0 Å². The van der Waals surface area contributed by atoms with Gasteiger partial charge in [0, 0.05) is 28.5 Å². The van der Waals surface area contributed by atoms with Gasteiger partial charge in [-0.15, -0.1) is 12.3 Å². The summed E-state index contributed by atoms with van der Waals surface area (Å²) in [6.45, 7) is 2.92. The fourth-order valence-corrected chi connectivity index (χ4v) is 4.23. The van der Waals surface area contributed by atoms with Gasteiger partial charge in [-0.1, -0.05) is 11.8 Å². The van der Waals surface area contributed by atoms with Gasteiger partial charge >= 0.3 is 0 Å². The van der Waals surface area contributed by atoms with Crippen LogP contribution in [0.2, 0.25) is 0 Å². The van der Waals surface area contributed by atoms with Crippen molar-refractivity contribution in [2.75, 3.05) is 6.79 Å². The van der Waals surface area contributed by atoms with Crippen LogP contribution in [-0.4, -0.2) is 21.3 Å². The summed E-state index contributed by atoms with van der Waals surface area (Å²) in [6, 6.07) is 5.86. The lowest BCUT2D eigenvalue weighted by molar-refractivity contribution is 0.174. The van der Waals surface area contributed by atoms with E-state index in [0.29, 0.717) is 13.0 Å². The van der Waals surface area contributed by atoms with Crippen LogP contribution < -0.4 is 9.47 Å².